The van der Waals surface area contributed by atoms with Crippen molar-refractivity contribution in [2.75, 3.05) is 26.2 Å². The van der Waals surface area contributed by atoms with Gasteiger partial charge in [-0.2, -0.15) is 0 Å². The fourth-order valence-electron chi connectivity index (χ4n) is 14.0. The quantitative estimate of drug-likeness (QED) is 0.141. The maximum absolute atomic E-state index is 14.2. The molecule has 5 aliphatic carbocycles. The van der Waals surface area contributed by atoms with Gasteiger partial charge in [0.15, 0.2) is 0 Å². The van der Waals surface area contributed by atoms with Crippen molar-refractivity contribution in [2.45, 2.75) is 122 Å². The summed E-state index contributed by atoms with van der Waals surface area (Å²) in [7, 11) is 0. The first-order chi connectivity index (χ1) is 23.8. The van der Waals surface area contributed by atoms with Crippen molar-refractivity contribution in [1.29, 1.82) is 0 Å². The van der Waals surface area contributed by atoms with Gasteiger partial charge in [-0.15, -0.1) is 0 Å². The van der Waals surface area contributed by atoms with Crippen LogP contribution in [0.4, 0.5) is 0 Å². The van der Waals surface area contributed by atoms with Crippen LogP contribution in [0.2, 0.25) is 0 Å². The average molecular weight is 671 g/mol. The third-order valence-electron chi connectivity index (χ3n) is 15.9. The highest BCUT2D eigenvalue weighted by Crippen LogP contribution is 2.84. The number of carbonyl (C=O) groups is 2. The number of allylic oxidation sites excluding steroid dienone is 1. The number of piperidine rings is 1. The number of likely N-dealkylation sites (tertiary alicyclic amines) is 1. The number of aldehydes is 1. The van der Waals surface area contributed by atoms with Crippen molar-refractivity contribution in [2.24, 2.45) is 57.7 Å². The van der Waals surface area contributed by atoms with E-state index in [-0.39, 0.29) is 30.0 Å². The van der Waals surface area contributed by atoms with E-state index in [1.807, 2.05) is 0 Å². The van der Waals surface area contributed by atoms with E-state index in [0.29, 0.717) is 36.1 Å². The zero-order valence-corrected chi connectivity index (χ0v) is 30.5. The first-order valence-corrected chi connectivity index (χ1v) is 20.4. The lowest BCUT2D eigenvalue weighted by atomic mass is 9.41. The minimum absolute atomic E-state index is 0.0893. The van der Waals surface area contributed by atoms with E-state index in [2.05, 4.69) is 67.4 Å². The van der Waals surface area contributed by atoms with Crippen LogP contribution >= 0.6 is 0 Å². The third kappa shape index (κ3) is 4.95. The average Bonchev–Trinajstić information content (AvgIpc) is 3.84. The van der Waals surface area contributed by atoms with E-state index in [1.165, 1.54) is 63.2 Å². The van der Waals surface area contributed by atoms with Crippen LogP contribution in [0, 0.1) is 57.7 Å². The van der Waals surface area contributed by atoms with Crippen molar-refractivity contribution >= 4 is 12.3 Å². The summed E-state index contributed by atoms with van der Waals surface area (Å²) in [4.78, 5) is 30.5. The summed E-state index contributed by atoms with van der Waals surface area (Å²) in [5, 5.41) is 15.5. The zero-order chi connectivity index (χ0) is 34.0. The Morgan fingerprint density at radius 3 is 2.53 bits per heavy atom. The molecule has 2 saturated heterocycles. The van der Waals surface area contributed by atoms with Gasteiger partial charge in [-0.3, -0.25) is 9.69 Å². The molecule has 0 radical (unpaired) electrons. The fraction of sp³-hybridized carbons (Fsp3) is 0.767. The second-order valence-electron chi connectivity index (χ2n) is 18.0. The molecule has 49 heavy (non-hydrogen) atoms. The lowest BCUT2D eigenvalue weighted by Gasteiger charge is -2.60. The van der Waals surface area contributed by atoms with Crippen LogP contribution in [0.15, 0.2) is 42.0 Å². The molecule has 268 valence electrons. The first kappa shape index (κ1) is 34.1. The van der Waals surface area contributed by atoms with Gasteiger partial charge in [-0.1, -0.05) is 108 Å². The molecule has 11 atom stereocenters. The lowest BCUT2D eigenvalue weighted by molar-refractivity contribution is -0.197. The van der Waals surface area contributed by atoms with Gasteiger partial charge in [0.2, 0.25) is 0 Å². The summed E-state index contributed by atoms with van der Waals surface area (Å²) in [6, 6.07) is 11.5. The van der Waals surface area contributed by atoms with Crippen LogP contribution in [0.1, 0.15) is 116 Å². The molecule has 0 amide bonds. The molecule has 0 spiro atoms. The minimum Gasteiger partial charge on any atom is -0.481 e. The molecule has 1 aromatic carbocycles. The van der Waals surface area contributed by atoms with Crippen LogP contribution in [0.25, 0.3) is 0 Å². The number of aliphatic carboxylic acids is 1. The highest BCUT2D eigenvalue weighted by atomic mass is 16.5. The SMILES string of the molecule is CC(C)C1=CC2CC3(C=O)[C@@H]4CC[C@@H](C)[C@H]4CC2([C@H]2C[C@@H](C4CCCCC4)[C@H](CNCCN4CCCCC4c4ccccc4)O2)[C@]13C(=O)O. The maximum Gasteiger partial charge on any atom is 0.315 e. The Bertz CT molecular complexity index is 1410. The largest absolute Gasteiger partial charge is 0.481 e. The molecule has 7 aliphatic rings. The molecule has 4 bridgehead atoms. The van der Waals surface area contributed by atoms with Crippen molar-refractivity contribution in [3.8, 4) is 0 Å². The number of fused-ring (bicyclic) bond motifs is 2. The highest BCUT2D eigenvalue weighted by molar-refractivity contribution is 5.90. The molecule has 4 saturated carbocycles. The van der Waals surface area contributed by atoms with Crippen LogP contribution in [-0.2, 0) is 14.3 Å². The lowest BCUT2D eigenvalue weighted by Crippen LogP contribution is -2.65. The number of nitrogens with zero attached hydrogens (tertiary/aromatic N) is 1. The summed E-state index contributed by atoms with van der Waals surface area (Å²) >= 11 is 0. The Labute approximate surface area is 295 Å². The first-order valence-electron chi connectivity index (χ1n) is 20.4. The third-order valence-corrected chi connectivity index (χ3v) is 15.9. The predicted octanol–water partition coefficient (Wildman–Crippen LogP) is 8.08. The molecule has 2 N–H and O–H groups in total. The van der Waals surface area contributed by atoms with Gasteiger partial charge in [0.25, 0.3) is 0 Å². The molecule has 4 unspecified atom stereocenters. The Hall–Kier alpha value is -2.02. The van der Waals surface area contributed by atoms with Gasteiger partial charge in [0.05, 0.1) is 17.6 Å². The summed E-state index contributed by atoms with van der Waals surface area (Å²) < 4.78 is 7.44. The monoisotopic (exact) mass is 670 g/mol. The highest BCUT2D eigenvalue weighted by Gasteiger charge is 2.86. The second kappa shape index (κ2) is 13.2. The van der Waals surface area contributed by atoms with E-state index >= 15 is 0 Å². The number of hydrogen-bond donors (Lipinski definition) is 2. The fourth-order valence-corrected chi connectivity index (χ4v) is 14.0. The molecule has 8 rings (SSSR count). The molecule has 2 heterocycles. The van der Waals surface area contributed by atoms with Crippen LogP contribution in [0.5, 0.6) is 0 Å². The number of benzene rings is 1. The van der Waals surface area contributed by atoms with Gasteiger partial charge in [0.1, 0.15) is 11.7 Å². The van der Waals surface area contributed by atoms with Crippen molar-refractivity contribution in [1.82, 2.24) is 10.2 Å². The van der Waals surface area contributed by atoms with Crippen LogP contribution in [0.3, 0.4) is 0 Å². The normalized spacial score (nSPS) is 43.6. The van der Waals surface area contributed by atoms with Gasteiger partial charge < -0.3 is 20.0 Å². The Morgan fingerprint density at radius 2 is 1.80 bits per heavy atom. The summed E-state index contributed by atoms with van der Waals surface area (Å²) in [5.41, 5.74) is -0.0506. The Balaban J connectivity index is 1.07. The predicted molar refractivity (Wildman–Crippen MR) is 193 cm³/mol. The van der Waals surface area contributed by atoms with E-state index in [0.717, 1.165) is 57.4 Å². The van der Waals surface area contributed by atoms with Gasteiger partial charge in [0, 0.05) is 31.1 Å². The van der Waals surface area contributed by atoms with Gasteiger partial charge in [-0.25, -0.2) is 0 Å². The van der Waals surface area contributed by atoms with Gasteiger partial charge >= 0.3 is 5.97 Å². The Kier molecular flexibility index (Phi) is 9.18. The van der Waals surface area contributed by atoms with Gasteiger partial charge in [-0.05, 0) is 92.1 Å². The Morgan fingerprint density at radius 1 is 1.02 bits per heavy atom. The number of ether oxygens (including phenoxy) is 1. The number of carboxylic acids is 1. The number of hydrogen-bond acceptors (Lipinski definition) is 5. The number of nitrogens with one attached hydrogen (secondary N) is 1. The van der Waals surface area contributed by atoms with E-state index < -0.39 is 22.2 Å². The van der Waals surface area contributed by atoms with Crippen molar-refractivity contribution < 1.29 is 19.4 Å². The summed E-state index contributed by atoms with van der Waals surface area (Å²) in [6.45, 7) is 10.6. The molecular formula is C43H62N2O4. The van der Waals surface area contributed by atoms with Crippen LogP contribution in [-0.4, -0.2) is 60.6 Å². The van der Waals surface area contributed by atoms with Crippen LogP contribution < -0.4 is 5.32 Å². The molecule has 6 nitrogen and oxygen atoms in total. The minimum atomic E-state index is -1.16. The maximum atomic E-state index is 14.2. The van der Waals surface area contributed by atoms with Crippen molar-refractivity contribution in [3.63, 3.8) is 0 Å². The van der Waals surface area contributed by atoms with E-state index in [1.54, 1.807) is 0 Å². The molecule has 0 aromatic heterocycles. The molecule has 6 fully saturated rings. The molecular weight excluding hydrogens is 608 g/mol. The molecule has 2 aliphatic heterocycles. The van der Waals surface area contributed by atoms with E-state index in [9.17, 15) is 14.7 Å². The summed E-state index contributed by atoms with van der Waals surface area (Å²) in [5.74, 6) is 1.62. The topological polar surface area (TPSA) is 78.9 Å². The number of carbonyl (C=O) groups excluding carboxylic acids is 1. The van der Waals surface area contributed by atoms with Crippen molar-refractivity contribution in [3.05, 3.63) is 47.5 Å². The number of carboxylic acid groups (broad SMARTS) is 1. The molecule has 6 heteroatoms. The molecule has 1 aromatic rings. The zero-order valence-electron chi connectivity index (χ0n) is 30.5. The number of rotatable bonds is 11. The second-order valence-corrected chi connectivity index (χ2v) is 18.0. The smallest absolute Gasteiger partial charge is 0.315 e. The summed E-state index contributed by atoms with van der Waals surface area (Å²) in [6.07, 6.45) is 18.4. The standard InChI is InChI=1S/C43H62N2O4/c1-28(2)36-22-32-24-41(27-46)35-18-17-29(3)34(35)25-42(32,43(36,41)40(47)48)39-23-33(30-12-6-4-7-13-30)38(49-39)26-44-19-21-45-20-11-10-16-37(45)31-14-8-5-9-15-31/h5,8-9,14-15,22,27-30,32-35,37-39,44H,4,6-7,10-13,16-21,23-26H2,1-3H3,(H,47,48)/t29-,32?,33+,34-,35-,37?,38+,39-,41?,42?,43+/m1/s1. The van der Waals surface area contributed by atoms with E-state index in [4.69, 9.17) is 4.74 Å².